The smallest absolute Gasteiger partial charge is 0.243 e. The van der Waals surface area contributed by atoms with E-state index in [-0.39, 0.29) is 5.48 Å². The van der Waals surface area contributed by atoms with Crippen molar-refractivity contribution in [2.75, 3.05) is 0 Å². The van der Waals surface area contributed by atoms with Gasteiger partial charge < -0.3 is 15.1 Å². The molecule has 0 amide bonds. The van der Waals surface area contributed by atoms with Crippen LogP contribution in [-0.2, 0) is 22.7 Å². The first kappa shape index (κ1) is 18.5. The highest BCUT2D eigenvalue weighted by molar-refractivity contribution is 5.49. The molecule has 0 aromatic carbocycles. The topological polar surface area (TPSA) is 73.0 Å². The molecule has 20 heavy (non-hydrogen) atoms. The van der Waals surface area contributed by atoms with Gasteiger partial charge in [0.15, 0.2) is 0 Å². The Morgan fingerprint density at radius 3 is 2.30 bits per heavy atom. The zero-order valence-corrected chi connectivity index (χ0v) is 12.4. The average molecular weight is 282 g/mol. The Kier molecular flexibility index (Phi) is 9.55. The minimum Gasteiger partial charge on any atom is -0.870 e. The fourth-order valence-corrected chi connectivity index (χ4v) is 2.26. The molecule has 0 saturated heterocycles. The minimum absolute atomic E-state index is 0. The number of nitrogens with zero attached hydrogens (tertiary/aromatic N) is 2. The first-order valence-corrected chi connectivity index (χ1v) is 7.07. The second kappa shape index (κ2) is 10.3. The van der Waals surface area contributed by atoms with Crippen LogP contribution in [0.4, 0.5) is 0 Å². The summed E-state index contributed by atoms with van der Waals surface area (Å²) in [5.41, 5.74) is 0. The number of rotatable bonds is 10. The molecule has 2 unspecified atom stereocenters. The molecule has 0 aliphatic carbocycles. The van der Waals surface area contributed by atoms with Crippen molar-refractivity contribution in [3.8, 4) is 0 Å². The highest BCUT2D eigenvalue weighted by atomic mass is 16.1. The lowest BCUT2D eigenvalue weighted by Gasteiger charge is -2.07. The van der Waals surface area contributed by atoms with Gasteiger partial charge in [-0.05, 0) is 24.7 Å². The molecular formula is C15H26N2O3. The average Bonchev–Trinajstić information content (AvgIpc) is 2.81. The molecule has 5 heteroatoms. The normalized spacial score (nSPS) is 13.3. The summed E-state index contributed by atoms with van der Waals surface area (Å²) in [6, 6.07) is 0. The van der Waals surface area contributed by atoms with Gasteiger partial charge in [-0.25, -0.2) is 9.13 Å². The van der Waals surface area contributed by atoms with E-state index in [9.17, 15) is 9.59 Å². The summed E-state index contributed by atoms with van der Waals surface area (Å²) in [7, 11) is 0. The maximum Gasteiger partial charge on any atom is 0.243 e. The van der Waals surface area contributed by atoms with Crippen molar-refractivity contribution in [1.29, 1.82) is 0 Å². The number of hydrogen-bond acceptors (Lipinski definition) is 3. The molecule has 0 saturated carbocycles. The van der Waals surface area contributed by atoms with Crippen molar-refractivity contribution in [3.63, 3.8) is 0 Å². The number of carbonyl (C=O) groups excluding carboxylic acids is 2. The van der Waals surface area contributed by atoms with Gasteiger partial charge in [0.1, 0.15) is 25.0 Å². The fraction of sp³-hybridized carbons (Fsp3) is 0.667. The Morgan fingerprint density at radius 1 is 1.10 bits per heavy atom. The van der Waals surface area contributed by atoms with Crippen molar-refractivity contribution in [1.82, 2.24) is 4.57 Å². The molecule has 0 spiro atoms. The zero-order chi connectivity index (χ0) is 14.1. The molecule has 0 radical (unpaired) electrons. The molecule has 0 bridgehead atoms. The van der Waals surface area contributed by atoms with Crippen molar-refractivity contribution >= 4 is 12.6 Å². The minimum atomic E-state index is 0. The van der Waals surface area contributed by atoms with E-state index in [0.717, 1.165) is 38.5 Å². The molecule has 114 valence electrons. The lowest BCUT2D eigenvalue weighted by Crippen LogP contribution is -2.34. The van der Waals surface area contributed by atoms with Crippen LogP contribution in [0, 0.1) is 11.8 Å². The van der Waals surface area contributed by atoms with Crippen LogP contribution in [0.2, 0.25) is 0 Å². The highest BCUT2D eigenvalue weighted by Crippen LogP contribution is 2.08. The quantitative estimate of drug-likeness (QED) is 0.485. The molecule has 1 aromatic rings. The van der Waals surface area contributed by atoms with Crippen LogP contribution in [0.1, 0.15) is 39.5 Å². The van der Waals surface area contributed by atoms with E-state index in [4.69, 9.17) is 0 Å². The van der Waals surface area contributed by atoms with Gasteiger partial charge in [-0.3, -0.25) is 0 Å². The fourth-order valence-electron chi connectivity index (χ4n) is 2.26. The van der Waals surface area contributed by atoms with Crippen LogP contribution in [0.15, 0.2) is 18.7 Å². The van der Waals surface area contributed by atoms with E-state index >= 15 is 0 Å². The molecule has 1 rings (SSSR count). The maximum absolute atomic E-state index is 10.3. The van der Waals surface area contributed by atoms with Crippen molar-refractivity contribution in [2.45, 2.75) is 52.6 Å². The first-order valence-electron chi connectivity index (χ1n) is 7.07. The summed E-state index contributed by atoms with van der Waals surface area (Å²) in [4.78, 5) is 20.7. The van der Waals surface area contributed by atoms with Crippen molar-refractivity contribution in [2.24, 2.45) is 11.8 Å². The van der Waals surface area contributed by atoms with E-state index in [1.54, 1.807) is 0 Å². The van der Waals surface area contributed by atoms with Gasteiger partial charge in [0.25, 0.3) is 0 Å². The third-order valence-electron chi connectivity index (χ3n) is 3.35. The molecule has 2 atom stereocenters. The second-order valence-corrected chi connectivity index (χ2v) is 5.51. The summed E-state index contributed by atoms with van der Waals surface area (Å²) in [5, 5.41) is 0. The van der Waals surface area contributed by atoms with Crippen molar-refractivity contribution < 1.29 is 19.6 Å². The van der Waals surface area contributed by atoms with Gasteiger partial charge in [0, 0.05) is 12.8 Å². The number of aromatic nitrogens is 2. The summed E-state index contributed by atoms with van der Waals surface area (Å²) >= 11 is 0. The van der Waals surface area contributed by atoms with Crippen LogP contribution in [0.25, 0.3) is 0 Å². The molecule has 0 aliphatic heterocycles. The number of carbonyl (C=O) groups is 2. The van der Waals surface area contributed by atoms with Crippen molar-refractivity contribution in [3.05, 3.63) is 18.7 Å². The van der Waals surface area contributed by atoms with Gasteiger partial charge >= 0.3 is 0 Å². The van der Waals surface area contributed by atoms with Gasteiger partial charge in [0.05, 0.1) is 13.1 Å². The molecule has 0 fully saturated rings. The Bertz CT molecular complexity index is 356. The van der Waals surface area contributed by atoms with E-state index in [1.807, 2.05) is 0 Å². The van der Waals surface area contributed by atoms with Gasteiger partial charge in [0.2, 0.25) is 6.33 Å². The van der Waals surface area contributed by atoms with Crippen LogP contribution < -0.4 is 4.57 Å². The SMILES string of the molecule is CC(CCC=O)Cn1cc[n+](CC(C)CCC=O)c1.[OH-]. The van der Waals surface area contributed by atoms with Crippen LogP contribution in [0.5, 0.6) is 0 Å². The highest BCUT2D eigenvalue weighted by Gasteiger charge is 2.11. The summed E-state index contributed by atoms with van der Waals surface area (Å²) in [6.45, 7) is 6.23. The summed E-state index contributed by atoms with van der Waals surface area (Å²) in [6.07, 6.45) is 11.4. The Morgan fingerprint density at radius 2 is 1.70 bits per heavy atom. The second-order valence-electron chi connectivity index (χ2n) is 5.51. The first-order chi connectivity index (χ1) is 9.15. The maximum atomic E-state index is 10.3. The number of imidazole rings is 1. The van der Waals surface area contributed by atoms with E-state index in [2.05, 4.69) is 41.7 Å². The predicted molar refractivity (Wildman–Crippen MR) is 75.5 cm³/mol. The Hall–Kier alpha value is -1.49. The lowest BCUT2D eigenvalue weighted by atomic mass is 10.1. The molecular weight excluding hydrogens is 256 g/mol. The van der Waals surface area contributed by atoms with Crippen LogP contribution >= 0.6 is 0 Å². The van der Waals surface area contributed by atoms with Gasteiger partial charge in [-0.1, -0.05) is 13.8 Å². The van der Waals surface area contributed by atoms with Gasteiger partial charge in [-0.2, -0.15) is 0 Å². The Labute approximate surface area is 120 Å². The summed E-state index contributed by atoms with van der Waals surface area (Å²) < 4.78 is 4.34. The predicted octanol–water partition coefficient (Wildman–Crippen LogP) is 1.83. The lowest BCUT2D eigenvalue weighted by molar-refractivity contribution is -0.702. The standard InChI is InChI=1S/C15H25N2O2.H2O/c1-14(5-3-9-18)11-16-7-8-17(13-16)12-15(2)6-4-10-19;/h7-10,13-15H,3-6,11-12H2,1-2H3;1H2/q+1;/p-1. The van der Waals surface area contributed by atoms with E-state index in [1.165, 1.54) is 0 Å². The molecule has 1 N–H and O–H groups in total. The molecule has 1 heterocycles. The summed E-state index contributed by atoms with van der Waals surface area (Å²) in [5.74, 6) is 1.03. The molecule has 0 aliphatic rings. The number of aldehydes is 2. The van der Waals surface area contributed by atoms with E-state index in [0.29, 0.717) is 24.7 Å². The zero-order valence-electron chi connectivity index (χ0n) is 12.4. The van der Waals surface area contributed by atoms with Crippen LogP contribution in [0.3, 0.4) is 0 Å². The monoisotopic (exact) mass is 282 g/mol. The van der Waals surface area contributed by atoms with E-state index < -0.39 is 0 Å². The molecule has 1 aromatic heterocycles. The largest absolute Gasteiger partial charge is 0.870 e. The Balaban J connectivity index is 0.00000361. The number of hydrogen-bond donors (Lipinski definition) is 0. The third kappa shape index (κ3) is 7.19. The van der Waals surface area contributed by atoms with Crippen LogP contribution in [-0.4, -0.2) is 22.6 Å². The third-order valence-corrected chi connectivity index (χ3v) is 3.35. The van der Waals surface area contributed by atoms with Gasteiger partial charge in [-0.15, -0.1) is 0 Å². The molecule has 5 nitrogen and oxygen atoms in total.